The molecule has 0 spiro atoms. The molecule has 17 heavy (non-hydrogen) atoms. The number of aliphatic hydroxyl groups excluding tert-OH is 1. The van der Waals surface area contributed by atoms with Crippen LogP contribution >= 0.6 is 0 Å². The van der Waals surface area contributed by atoms with Crippen molar-refractivity contribution in [3.05, 3.63) is 24.3 Å². The predicted octanol–water partition coefficient (Wildman–Crippen LogP) is -0.0249. The van der Waals surface area contributed by atoms with Crippen molar-refractivity contribution in [2.24, 2.45) is 5.84 Å². The van der Waals surface area contributed by atoms with Gasteiger partial charge in [-0.25, -0.2) is 8.42 Å². The lowest BCUT2D eigenvalue weighted by Crippen LogP contribution is -2.33. The van der Waals surface area contributed by atoms with Gasteiger partial charge >= 0.3 is 0 Å². The summed E-state index contributed by atoms with van der Waals surface area (Å²) in [5.74, 6) is 5.20. The van der Waals surface area contributed by atoms with E-state index in [9.17, 15) is 8.42 Å². The van der Waals surface area contributed by atoms with Crippen molar-refractivity contribution in [1.29, 1.82) is 0 Å². The van der Waals surface area contributed by atoms with Gasteiger partial charge in [-0.1, -0.05) is 6.92 Å². The van der Waals surface area contributed by atoms with E-state index in [1.165, 1.54) is 16.4 Å². The molecule has 0 aromatic heterocycles. The summed E-state index contributed by atoms with van der Waals surface area (Å²) in [7, 11) is -3.53. The maximum absolute atomic E-state index is 12.1. The number of hydrogen-bond donors (Lipinski definition) is 3. The fourth-order valence-electron chi connectivity index (χ4n) is 1.43. The molecule has 0 aliphatic heterocycles. The van der Waals surface area contributed by atoms with Gasteiger partial charge in [-0.05, 0) is 24.3 Å². The molecule has 0 radical (unpaired) electrons. The van der Waals surface area contributed by atoms with Crippen LogP contribution in [0.4, 0.5) is 5.69 Å². The standard InChI is InChI=1S/C10H17N3O3S/c1-2-13(7-8-14)17(15,16)10-5-3-9(12-11)4-6-10/h3-6,12,14H,2,7-8,11H2,1H3. The van der Waals surface area contributed by atoms with Crippen LogP contribution in [0.1, 0.15) is 6.92 Å². The molecular formula is C10H17N3O3S. The van der Waals surface area contributed by atoms with Crippen molar-refractivity contribution in [3.63, 3.8) is 0 Å². The van der Waals surface area contributed by atoms with Gasteiger partial charge < -0.3 is 10.5 Å². The van der Waals surface area contributed by atoms with E-state index in [4.69, 9.17) is 10.9 Å². The molecule has 7 heteroatoms. The Hall–Kier alpha value is -1.15. The molecule has 0 bridgehead atoms. The molecule has 96 valence electrons. The normalized spacial score (nSPS) is 11.8. The van der Waals surface area contributed by atoms with Crippen LogP contribution in [0.2, 0.25) is 0 Å². The second-order valence-electron chi connectivity index (χ2n) is 3.39. The third-order valence-corrected chi connectivity index (χ3v) is 4.35. The maximum Gasteiger partial charge on any atom is 0.243 e. The largest absolute Gasteiger partial charge is 0.395 e. The number of nitrogens with zero attached hydrogens (tertiary/aromatic N) is 1. The van der Waals surface area contributed by atoms with Crippen molar-refractivity contribution < 1.29 is 13.5 Å². The van der Waals surface area contributed by atoms with Crippen LogP contribution in [-0.4, -0.2) is 37.5 Å². The van der Waals surface area contributed by atoms with E-state index in [1.54, 1.807) is 19.1 Å². The molecule has 0 unspecified atom stereocenters. The first kappa shape index (κ1) is 13.9. The highest BCUT2D eigenvalue weighted by Gasteiger charge is 2.22. The molecule has 1 aromatic carbocycles. The van der Waals surface area contributed by atoms with E-state index in [-0.39, 0.29) is 18.0 Å². The van der Waals surface area contributed by atoms with Crippen LogP contribution in [0.25, 0.3) is 0 Å². The minimum atomic E-state index is -3.53. The van der Waals surface area contributed by atoms with Crippen molar-refractivity contribution >= 4 is 15.7 Å². The van der Waals surface area contributed by atoms with Gasteiger partial charge in [0.15, 0.2) is 0 Å². The lowest BCUT2D eigenvalue weighted by atomic mass is 10.3. The summed E-state index contributed by atoms with van der Waals surface area (Å²) in [6, 6.07) is 6.12. The highest BCUT2D eigenvalue weighted by Crippen LogP contribution is 2.17. The topological polar surface area (TPSA) is 95.7 Å². The number of nitrogens with two attached hydrogens (primary N) is 1. The summed E-state index contributed by atoms with van der Waals surface area (Å²) in [5, 5.41) is 8.83. The highest BCUT2D eigenvalue weighted by molar-refractivity contribution is 7.89. The van der Waals surface area contributed by atoms with E-state index in [1.807, 2.05) is 0 Å². The molecule has 0 amide bonds. The first-order chi connectivity index (χ1) is 8.06. The average Bonchev–Trinajstić information content (AvgIpc) is 2.35. The molecule has 0 atom stereocenters. The Kier molecular flexibility index (Phi) is 4.88. The van der Waals surface area contributed by atoms with E-state index in [0.717, 1.165) is 0 Å². The van der Waals surface area contributed by atoms with Gasteiger partial charge in [-0.2, -0.15) is 4.31 Å². The number of hydrogen-bond acceptors (Lipinski definition) is 5. The predicted molar refractivity (Wildman–Crippen MR) is 65.8 cm³/mol. The maximum atomic E-state index is 12.1. The number of nitrogen functional groups attached to an aromatic ring is 1. The monoisotopic (exact) mass is 259 g/mol. The number of sulfonamides is 1. The van der Waals surface area contributed by atoms with Gasteiger partial charge in [-0.3, -0.25) is 5.84 Å². The van der Waals surface area contributed by atoms with Gasteiger partial charge in [0.2, 0.25) is 10.0 Å². The molecule has 0 aliphatic carbocycles. The fraction of sp³-hybridized carbons (Fsp3) is 0.400. The number of benzene rings is 1. The summed E-state index contributed by atoms with van der Waals surface area (Å²) in [6.07, 6.45) is 0. The molecular weight excluding hydrogens is 242 g/mol. The first-order valence-corrected chi connectivity index (χ1v) is 6.68. The molecule has 0 saturated carbocycles. The fourth-order valence-corrected chi connectivity index (χ4v) is 2.87. The smallest absolute Gasteiger partial charge is 0.243 e. The van der Waals surface area contributed by atoms with E-state index < -0.39 is 10.0 Å². The molecule has 6 nitrogen and oxygen atoms in total. The molecule has 0 aliphatic rings. The molecule has 0 heterocycles. The van der Waals surface area contributed by atoms with E-state index in [0.29, 0.717) is 12.2 Å². The minimum Gasteiger partial charge on any atom is -0.395 e. The van der Waals surface area contributed by atoms with Gasteiger partial charge in [-0.15, -0.1) is 0 Å². The molecule has 0 saturated heterocycles. The number of nitrogens with one attached hydrogen (secondary N) is 1. The number of rotatable bonds is 6. The zero-order valence-corrected chi connectivity index (χ0v) is 10.4. The van der Waals surface area contributed by atoms with Crippen LogP contribution in [0.15, 0.2) is 29.2 Å². The van der Waals surface area contributed by atoms with Gasteiger partial charge in [0, 0.05) is 18.8 Å². The molecule has 0 fully saturated rings. The average molecular weight is 259 g/mol. The SMILES string of the molecule is CCN(CCO)S(=O)(=O)c1ccc(NN)cc1. The van der Waals surface area contributed by atoms with Crippen LogP contribution in [-0.2, 0) is 10.0 Å². The lowest BCUT2D eigenvalue weighted by molar-refractivity contribution is 0.257. The van der Waals surface area contributed by atoms with E-state index in [2.05, 4.69) is 5.43 Å². The Bertz CT molecular complexity index is 444. The number of likely N-dealkylation sites (N-methyl/N-ethyl adjacent to an activating group) is 1. The van der Waals surface area contributed by atoms with Crippen LogP contribution < -0.4 is 11.3 Å². The van der Waals surface area contributed by atoms with Crippen molar-refractivity contribution in [3.8, 4) is 0 Å². The van der Waals surface area contributed by atoms with E-state index >= 15 is 0 Å². The Morgan fingerprint density at radius 1 is 1.35 bits per heavy atom. The van der Waals surface area contributed by atoms with Crippen LogP contribution in [0, 0.1) is 0 Å². The highest BCUT2D eigenvalue weighted by atomic mass is 32.2. The van der Waals surface area contributed by atoms with Crippen molar-refractivity contribution in [1.82, 2.24) is 4.31 Å². The Labute approximate surface area is 101 Å². The quantitative estimate of drug-likeness (QED) is 0.493. The zero-order chi connectivity index (χ0) is 12.9. The number of aliphatic hydroxyl groups is 1. The van der Waals surface area contributed by atoms with Gasteiger partial charge in [0.25, 0.3) is 0 Å². The zero-order valence-electron chi connectivity index (χ0n) is 9.63. The Morgan fingerprint density at radius 3 is 2.35 bits per heavy atom. The number of anilines is 1. The second-order valence-corrected chi connectivity index (χ2v) is 5.33. The molecule has 1 aromatic rings. The summed E-state index contributed by atoms with van der Waals surface area (Å²) in [5.41, 5.74) is 3.06. The van der Waals surface area contributed by atoms with Crippen LogP contribution in [0.3, 0.4) is 0 Å². The third kappa shape index (κ3) is 3.16. The summed E-state index contributed by atoms with van der Waals surface area (Å²) in [4.78, 5) is 0.187. The van der Waals surface area contributed by atoms with Gasteiger partial charge in [0.1, 0.15) is 0 Å². The molecule has 4 N–H and O–H groups in total. The minimum absolute atomic E-state index is 0.0930. The van der Waals surface area contributed by atoms with Crippen molar-refractivity contribution in [2.75, 3.05) is 25.1 Å². The van der Waals surface area contributed by atoms with Gasteiger partial charge in [0.05, 0.1) is 11.5 Å². The Balaban J connectivity index is 3.02. The van der Waals surface area contributed by atoms with Crippen molar-refractivity contribution in [2.45, 2.75) is 11.8 Å². The van der Waals surface area contributed by atoms with Crippen LogP contribution in [0.5, 0.6) is 0 Å². The summed E-state index contributed by atoms with van der Waals surface area (Å²) in [6.45, 7) is 1.94. The summed E-state index contributed by atoms with van der Waals surface area (Å²) < 4.78 is 25.5. The lowest BCUT2D eigenvalue weighted by Gasteiger charge is -2.19. The first-order valence-electron chi connectivity index (χ1n) is 5.24. The molecule has 1 rings (SSSR count). The Morgan fingerprint density at radius 2 is 1.94 bits per heavy atom. The third-order valence-electron chi connectivity index (χ3n) is 2.36. The summed E-state index contributed by atoms with van der Waals surface area (Å²) >= 11 is 0. The number of hydrazine groups is 1. The second kappa shape index (κ2) is 5.97.